The van der Waals surface area contributed by atoms with Gasteiger partial charge in [0.25, 0.3) is 5.56 Å². The van der Waals surface area contributed by atoms with Crippen molar-refractivity contribution in [3.63, 3.8) is 0 Å². The van der Waals surface area contributed by atoms with Gasteiger partial charge in [0.1, 0.15) is 5.65 Å². The maximum atomic E-state index is 13.2. The van der Waals surface area contributed by atoms with Gasteiger partial charge >= 0.3 is 5.69 Å². The monoisotopic (exact) mass is 464 g/mol. The van der Waals surface area contributed by atoms with Crippen molar-refractivity contribution in [3.05, 3.63) is 85.0 Å². The Morgan fingerprint density at radius 2 is 1.63 bits per heavy atom. The fourth-order valence-corrected chi connectivity index (χ4v) is 4.44. The number of nitrogens with one attached hydrogen (secondary N) is 2. The molecule has 30 heavy (non-hydrogen) atoms. The van der Waals surface area contributed by atoms with E-state index in [4.69, 9.17) is 0 Å². The number of H-pyrrole nitrogens is 1. The molecule has 4 aromatic rings. The van der Waals surface area contributed by atoms with Crippen molar-refractivity contribution in [2.75, 3.05) is 5.32 Å². The molecule has 0 radical (unpaired) electrons. The molecule has 1 aliphatic heterocycles. The van der Waals surface area contributed by atoms with E-state index in [-0.39, 0.29) is 5.91 Å². The first-order valence-electron chi connectivity index (χ1n) is 9.35. The van der Waals surface area contributed by atoms with E-state index in [0.717, 1.165) is 25.9 Å². The van der Waals surface area contributed by atoms with E-state index >= 15 is 0 Å². The van der Waals surface area contributed by atoms with Crippen LogP contribution in [0, 0.1) is 0 Å². The van der Waals surface area contributed by atoms with Crippen molar-refractivity contribution in [1.29, 1.82) is 0 Å². The van der Waals surface area contributed by atoms with Crippen LogP contribution >= 0.6 is 15.9 Å². The third-order valence-corrected chi connectivity index (χ3v) is 6.19. The van der Waals surface area contributed by atoms with Crippen LogP contribution in [0.2, 0.25) is 0 Å². The molecular weight excluding hydrogens is 448 g/mol. The number of hydrogen-bond acceptors (Lipinski definition) is 3. The first kappa shape index (κ1) is 18.6. The number of fused-ring (bicyclic) bond motifs is 2. The Bertz CT molecular complexity index is 1460. The molecule has 1 amide bonds. The zero-order valence-electron chi connectivity index (χ0n) is 16.2. The Kier molecular flexibility index (Phi) is 4.08. The molecule has 8 heteroatoms. The van der Waals surface area contributed by atoms with Gasteiger partial charge in [-0.15, -0.1) is 0 Å². The summed E-state index contributed by atoms with van der Waals surface area (Å²) in [5, 5.41) is 3.25. The highest BCUT2D eigenvalue weighted by atomic mass is 79.9. The summed E-state index contributed by atoms with van der Waals surface area (Å²) in [5.74, 6) is -0.870. The van der Waals surface area contributed by atoms with Gasteiger partial charge in [0.2, 0.25) is 5.91 Å². The minimum atomic E-state index is -0.668. The van der Waals surface area contributed by atoms with Crippen molar-refractivity contribution in [1.82, 2.24) is 14.1 Å². The normalized spacial score (nSPS) is 15.4. The van der Waals surface area contributed by atoms with Crippen molar-refractivity contribution >= 4 is 38.6 Å². The lowest BCUT2D eigenvalue weighted by atomic mass is 9.89. The molecule has 3 heterocycles. The Morgan fingerprint density at radius 3 is 2.37 bits per heavy atom. The maximum absolute atomic E-state index is 13.2. The second-order valence-electron chi connectivity index (χ2n) is 7.36. The molecule has 5 rings (SSSR count). The zero-order valence-corrected chi connectivity index (χ0v) is 17.8. The standard InChI is InChI=1S/C22H17BrN4O3/c1-26-19-17(21(29)27(2)22(26)30)16(18(25-19)11-7-9-12(23)10-8-11)15-13-5-3-4-6-14(13)24-20(15)28/h3-10,15,25H,1-2H3,(H,24,28). The molecule has 0 saturated carbocycles. The van der Waals surface area contributed by atoms with Crippen molar-refractivity contribution in [2.45, 2.75) is 5.92 Å². The number of halogens is 1. The van der Waals surface area contributed by atoms with Crippen LogP contribution in [-0.2, 0) is 18.9 Å². The van der Waals surface area contributed by atoms with E-state index in [9.17, 15) is 14.4 Å². The van der Waals surface area contributed by atoms with Gasteiger partial charge in [-0.25, -0.2) is 4.79 Å². The average Bonchev–Trinajstić information content (AvgIpc) is 3.28. The Labute approximate surface area is 179 Å². The van der Waals surface area contributed by atoms with Gasteiger partial charge in [-0.05, 0) is 29.3 Å². The molecule has 0 saturated heterocycles. The molecule has 0 fully saturated rings. The number of carbonyl (C=O) groups excluding carboxylic acids is 1. The van der Waals surface area contributed by atoms with E-state index in [1.165, 1.54) is 11.6 Å². The highest BCUT2D eigenvalue weighted by molar-refractivity contribution is 9.10. The van der Waals surface area contributed by atoms with Crippen molar-refractivity contribution < 1.29 is 4.79 Å². The summed E-state index contributed by atoms with van der Waals surface area (Å²) >= 11 is 3.44. The highest BCUT2D eigenvalue weighted by Crippen LogP contribution is 2.43. The number of rotatable bonds is 2. The van der Waals surface area contributed by atoms with Gasteiger partial charge in [-0.3, -0.25) is 18.7 Å². The zero-order chi connectivity index (χ0) is 21.2. The van der Waals surface area contributed by atoms with E-state index in [1.54, 1.807) is 7.05 Å². The molecular formula is C22H17BrN4O3. The van der Waals surface area contributed by atoms with E-state index in [1.807, 2.05) is 48.5 Å². The summed E-state index contributed by atoms with van der Waals surface area (Å²) in [4.78, 5) is 42.0. The second kappa shape index (κ2) is 6.56. The third kappa shape index (κ3) is 2.53. The Hall–Kier alpha value is -3.39. The predicted molar refractivity (Wildman–Crippen MR) is 119 cm³/mol. The molecule has 2 aromatic heterocycles. The van der Waals surface area contributed by atoms with Crippen LogP contribution in [0.5, 0.6) is 0 Å². The van der Waals surface area contributed by atoms with Gasteiger partial charge in [0.05, 0.1) is 17.0 Å². The number of carbonyl (C=O) groups is 1. The second-order valence-corrected chi connectivity index (χ2v) is 8.28. The number of amides is 1. The van der Waals surface area contributed by atoms with Crippen LogP contribution in [0.25, 0.3) is 22.3 Å². The third-order valence-electron chi connectivity index (χ3n) is 5.66. The molecule has 1 unspecified atom stereocenters. The quantitative estimate of drug-likeness (QED) is 0.477. The minimum absolute atomic E-state index is 0.202. The molecule has 0 bridgehead atoms. The average molecular weight is 465 g/mol. The van der Waals surface area contributed by atoms with Crippen LogP contribution in [-0.4, -0.2) is 20.0 Å². The first-order valence-corrected chi connectivity index (χ1v) is 10.1. The topological polar surface area (TPSA) is 88.9 Å². The number of aryl methyl sites for hydroxylation is 1. The number of hydrogen-bond donors (Lipinski definition) is 2. The number of para-hydroxylation sites is 1. The minimum Gasteiger partial charge on any atom is -0.340 e. The predicted octanol–water partition coefficient (Wildman–Crippen LogP) is 3.08. The summed E-state index contributed by atoms with van der Waals surface area (Å²) in [6.45, 7) is 0. The van der Waals surface area contributed by atoms with Gasteiger partial charge < -0.3 is 10.3 Å². The van der Waals surface area contributed by atoms with Gasteiger partial charge in [0, 0.05) is 29.8 Å². The van der Waals surface area contributed by atoms with Gasteiger partial charge in [0.15, 0.2) is 0 Å². The first-order chi connectivity index (χ1) is 14.4. The van der Waals surface area contributed by atoms with Gasteiger partial charge in [-0.2, -0.15) is 0 Å². The summed E-state index contributed by atoms with van der Waals surface area (Å²) in [5.41, 5.74) is 3.10. The molecule has 2 aromatic carbocycles. The summed E-state index contributed by atoms with van der Waals surface area (Å²) < 4.78 is 3.39. The van der Waals surface area contributed by atoms with E-state index in [0.29, 0.717) is 22.3 Å². The van der Waals surface area contributed by atoms with Crippen LogP contribution in [0.1, 0.15) is 17.0 Å². The number of nitrogens with zero attached hydrogens (tertiary/aromatic N) is 2. The van der Waals surface area contributed by atoms with Crippen molar-refractivity contribution in [2.24, 2.45) is 14.1 Å². The lowest BCUT2D eigenvalue weighted by Crippen LogP contribution is -2.37. The molecule has 1 atom stereocenters. The smallest absolute Gasteiger partial charge is 0.332 e. The highest BCUT2D eigenvalue weighted by Gasteiger charge is 2.37. The fourth-order valence-electron chi connectivity index (χ4n) is 4.17. The molecule has 7 nitrogen and oxygen atoms in total. The van der Waals surface area contributed by atoms with Gasteiger partial charge in [-0.1, -0.05) is 46.3 Å². The largest absolute Gasteiger partial charge is 0.340 e. The summed E-state index contributed by atoms with van der Waals surface area (Å²) in [7, 11) is 3.06. The molecule has 1 aliphatic rings. The Morgan fingerprint density at radius 1 is 0.933 bits per heavy atom. The van der Waals surface area contributed by atoms with E-state index < -0.39 is 17.2 Å². The summed E-state index contributed by atoms with van der Waals surface area (Å²) in [6, 6.07) is 15.0. The summed E-state index contributed by atoms with van der Waals surface area (Å²) in [6.07, 6.45) is 0. The fraction of sp³-hybridized carbons (Fsp3) is 0.136. The molecule has 0 aliphatic carbocycles. The number of aromatic nitrogens is 3. The maximum Gasteiger partial charge on any atom is 0.332 e. The number of benzene rings is 2. The lowest BCUT2D eigenvalue weighted by Gasteiger charge is -2.12. The van der Waals surface area contributed by atoms with E-state index in [2.05, 4.69) is 26.2 Å². The lowest BCUT2D eigenvalue weighted by molar-refractivity contribution is -0.116. The van der Waals surface area contributed by atoms with Crippen LogP contribution in [0.4, 0.5) is 5.69 Å². The number of anilines is 1. The van der Waals surface area contributed by atoms with Crippen LogP contribution < -0.4 is 16.6 Å². The Balaban J connectivity index is 1.94. The molecule has 0 spiro atoms. The SMILES string of the molecule is Cn1c(=O)c2c(C3C(=O)Nc4ccccc43)c(-c3ccc(Br)cc3)[nH]c2n(C)c1=O. The van der Waals surface area contributed by atoms with Crippen molar-refractivity contribution in [3.8, 4) is 11.3 Å². The van der Waals surface area contributed by atoms with Crippen LogP contribution in [0.3, 0.4) is 0 Å². The molecule has 150 valence electrons. The number of aromatic amines is 1. The molecule has 2 N–H and O–H groups in total. The van der Waals surface area contributed by atoms with Crippen LogP contribution in [0.15, 0.2) is 62.6 Å².